The molecule has 3 rings (SSSR count). The fraction of sp³-hybridized carbons (Fsp3) is 0.286. The summed E-state index contributed by atoms with van der Waals surface area (Å²) in [6, 6.07) is 8.98. The van der Waals surface area contributed by atoms with Gasteiger partial charge >= 0.3 is 0 Å². The zero-order valence-corrected chi connectivity index (χ0v) is 12.3. The summed E-state index contributed by atoms with van der Waals surface area (Å²) >= 11 is 5.86. The van der Waals surface area contributed by atoms with Gasteiger partial charge in [0.1, 0.15) is 0 Å². The number of hydrogen-bond donors (Lipinski definition) is 0. The molecule has 88 valence electrons. The highest BCUT2D eigenvalue weighted by Gasteiger charge is 2.22. The van der Waals surface area contributed by atoms with Gasteiger partial charge in [-0.25, -0.2) is 0 Å². The molecule has 0 saturated carbocycles. The lowest BCUT2D eigenvalue weighted by Gasteiger charge is -2.06. The molecule has 0 spiro atoms. The predicted molar refractivity (Wildman–Crippen MR) is 81.0 cm³/mol. The van der Waals surface area contributed by atoms with Gasteiger partial charge in [0.05, 0.1) is 0 Å². The van der Waals surface area contributed by atoms with Crippen molar-refractivity contribution < 1.29 is 0 Å². The maximum atomic E-state index is 2.40. The lowest BCUT2D eigenvalue weighted by atomic mass is 10.2. The summed E-state index contributed by atoms with van der Waals surface area (Å²) in [5.74, 6) is 0. The van der Waals surface area contributed by atoms with Gasteiger partial charge < -0.3 is 0 Å². The van der Waals surface area contributed by atoms with E-state index < -0.39 is 0 Å². The fourth-order valence-electron chi connectivity index (χ4n) is 1.99. The van der Waals surface area contributed by atoms with Gasteiger partial charge in [-0.15, -0.1) is 34.4 Å². The van der Waals surface area contributed by atoms with Crippen LogP contribution >= 0.6 is 34.4 Å². The van der Waals surface area contributed by atoms with Gasteiger partial charge in [-0.3, -0.25) is 0 Å². The Morgan fingerprint density at radius 3 is 2.41 bits per heavy atom. The maximum Gasteiger partial charge on any atom is 0.0473 e. The molecule has 0 saturated heterocycles. The Labute approximate surface area is 114 Å². The number of thiophene rings is 2. The largest absolute Gasteiger partial charge is 0.145 e. The summed E-state index contributed by atoms with van der Waals surface area (Å²) in [6.07, 6.45) is 3.58. The van der Waals surface area contributed by atoms with Crippen molar-refractivity contribution in [3.8, 4) is 0 Å². The fourth-order valence-corrected chi connectivity index (χ4v) is 5.29. The monoisotopic (exact) mass is 278 g/mol. The van der Waals surface area contributed by atoms with Crippen molar-refractivity contribution in [2.24, 2.45) is 0 Å². The highest BCUT2D eigenvalue weighted by Crippen LogP contribution is 2.50. The molecule has 1 atom stereocenters. The van der Waals surface area contributed by atoms with Crippen molar-refractivity contribution in [1.29, 1.82) is 0 Å². The topological polar surface area (TPSA) is 0 Å². The SMILES string of the molecule is Cc1ccc(C2=CCC(c3ccc(C)s3)S2)s1. The minimum atomic E-state index is 0.645. The molecule has 2 aromatic heterocycles. The van der Waals surface area contributed by atoms with Gasteiger partial charge in [0.2, 0.25) is 0 Å². The molecule has 0 fully saturated rings. The molecule has 17 heavy (non-hydrogen) atoms. The lowest BCUT2D eigenvalue weighted by molar-refractivity contribution is 1.02. The molecule has 0 N–H and O–H groups in total. The van der Waals surface area contributed by atoms with Crippen LogP contribution in [0.1, 0.15) is 31.2 Å². The number of hydrogen-bond acceptors (Lipinski definition) is 3. The second-order valence-corrected chi connectivity index (χ2v) is 8.12. The molecule has 0 radical (unpaired) electrons. The first-order valence-corrected chi connectivity index (χ1v) is 8.23. The second kappa shape index (κ2) is 4.63. The molecule has 0 amide bonds. The smallest absolute Gasteiger partial charge is 0.0473 e. The van der Waals surface area contributed by atoms with Crippen LogP contribution in [0.25, 0.3) is 4.91 Å². The van der Waals surface area contributed by atoms with E-state index in [4.69, 9.17) is 0 Å². The molecule has 3 heterocycles. The third kappa shape index (κ3) is 2.37. The molecule has 0 aromatic carbocycles. The molecule has 0 aliphatic carbocycles. The quantitative estimate of drug-likeness (QED) is 0.684. The summed E-state index contributed by atoms with van der Waals surface area (Å²) in [4.78, 5) is 7.24. The molecule has 1 aliphatic rings. The first kappa shape index (κ1) is 11.6. The predicted octanol–water partition coefficient (Wildman–Crippen LogP) is 5.65. The molecule has 2 aromatic rings. The molecule has 1 unspecified atom stereocenters. The molecular weight excluding hydrogens is 264 g/mol. The highest BCUT2D eigenvalue weighted by atomic mass is 32.2. The van der Waals surface area contributed by atoms with E-state index in [1.54, 1.807) is 0 Å². The minimum Gasteiger partial charge on any atom is -0.145 e. The Hall–Kier alpha value is -0.510. The summed E-state index contributed by atoms with van der Waals surface area (Å²) in [5, 5.41) is 0.645. The van der Waals surface area contributed by atoms with Crippen LogP contribution in [0.3, 0.4) is 0 Å². The Kier molecular flexibility index (Phi) is 3.16. The average Bonchev–Trinajstić information content (AvgIpc) is 2.96. The van der Waals surface area contributed by atoms with Gasteiger partial charge in [-0.05, 0) is 44.5 Å². The Morgan fingerprint density at radius 2 is 1.76 bits per heavy atom. The van der Waals surface area contributed by atoms with Crippen molar-refractivity contribution in [2.75, 3.05) is 0 Å². The molecule has 0 bridgehead atoms. The van der Waals surface area contributed by atoms with E-state index >= 15 is 0 Å². The van der Waals surface area contributed by atoms with Crippen LogP contribution in [0.2, 0.25) is 0 Å². The number of thioether (sulfide) groups is 1. The van der Waals surface area contributed by atoms with Crippen molar-refractivity contribution in [3.05, 3.63) is 49.9 Å². The third-order valence-corrected chi connectivity index (χ3v) is 6.65. The Balaban J connectivity index is 1.77. The second-order valence-electron chi connectivity index (χ2n) is 4.27. The first-order chi connectivity index (χ1) is 8.22. The maximum absolute atomic E-state index is 2.40. The Morgan fingerprint density at radius 1 is 1.00 bits per heavy atom. The van der Waals surface area contributed by atoms with Gasteiger partial charge in [-0.2, -0.15) is 0 Å². The van der Waals surface area contributed by atoms with Crippen LogP contribution in [0.4, 0.5) is 0 Å². The molecular formula is C14H14S3. The number of rotatable bonds is 2. The summed E-state index contributed by atoms with van der Waals surface area (Å²) < 4.78 is 0. The summed E-state index contributed by atoms with van der Waals surface area (Å²) in [6.45, 7) is 4.36. The first-order valence-electron chi connectivity index (χ1n) is 5.72. The van der Waals surface area contributed by atoms with Crippen molar-refractivity contribution in [1.82, 2.24) is 0 Å². The van der Waals surface area contributed by atoms with E-state index in [9.17, 15) is 0 Å². The number of allylic oxidation sites excluding steroid dienone is 1. The zero-order valence-electron chi connectivity index (χ0n) is 9.90. The van der Waals surface area contributed by atoms with Crippen LogP contribution in [-0.2, 0) is 0 Å². The summed E-state index contributed by atoms with van der Waals surface area (Å²) in [5.41, 5.74) is 0. The van der Waals surface area contributed by atoms with E-state index in [0.29, 0.717) is 5.25 Å². The summed E-state index contributed by atoms with van der Waals surface area (Å²) in [7, 11) is 0. The van der Waals surface area contributed by atoms with Crippen LogP contribution in [0.15, 0.2) is 30.3 Å². The van der Waals surface area contributed by atoms with E-state index in [-0.39, 0.29) is 0 Å². The lowest BCUT2D eigenvalue weighted by Crippen LogP contribution is -1.82. The third-order valence-electron chi connectivity index (χ3n) is 2.85. The molecule has 3 heteroatoms. The van der Waals surface area contributed by atoms with Crippen LogP contribution in [-0.4, -0.2) is 0 Å². The van der Waals surface area contributed by atoms with E-state index in [1.807, 2.05) is 34.4 Å². The van der Waals surface area contributed by atoms with E-state index in [2.05, 4.69) is 44.2 Å². The van der Waals surface area contributed by atoms with Gasteiger partial charge in [0.15, 0.2) is 0 Å². The number of aryl methyl sites for hydroxylation is 2. The van der Waals surface area contributed by atoms with Gasteiger partial charge in [0.25, 0.3) is 0 Å². The van der Waals surface area contributed by atoms with Crippen molar-refractivity contribution >= 4 is 39.3 Å². The Bertz CT molecular complexity index is 560. The van der Waals surface area contributed by atoms with Crippen molar-refractivity contribution in [2.45, 2.75) is 25.5 Å². The average molecular weight is 278 g/mol. The van der Waals surface area contributed by atoms with Gasteiger partial charge in [0, 0.05) is 29.7 Å². The van der Waals surface area contributed by atoms with Crippen LogP contribution in [0.5, 0.6) is 0 Å². The highest BCUT2D eigenvalue weighted by molar-refractivity contribution is 8.09. The minimum absolute atomic E-state index is 0.645. The standard InChI is InChI=1S/C14H14S3/c1-9-3-5-11(15-9)13-7-8-14(17-13)12-6-4-10(2)16-12/h3-7,14H,8H2,1-2H3. The van der Waals surface area contributed by atoms with Gasteiger partial charge in [-0.1, -0.05) is 6.08 Å². The van der Waals surface area contributed by atoms with Crippen LogP contribution < -0.4 is 0 Å². The normalized spacial score (nSPS) is 19.6. The van der Waals surface area contributed by atoms with Crippen LogP contribution in [0, 0.1) is 13.8 Å². The van der Waals surface area contributed by atoms with Crippen molar-refractivity contribution in [3.63, 3.8) is 0 Å². The molecule has 0 nitrogen and oxygen atoms in total. The van der Waals surface area contributed by atoms with E-state index in [0.717, 1.165) is 0 Å². The van der Waals surface area contributed by atoms with E-state index in [1.165, 1.54) is 30.8 Å². The molecule has 1 aliphatic heterocycles. The zero-order chi connectivity index (χ0) is 11.8.